The number of likely N-dealkylation sites (N-methyl/N-ethyl adjacent to an activating group) is 2. The van der Waals surface area contributed by atoms with Gasteiger partial charge in [-0.15, -0.1) is 0 Å². The van der Waals surface area contributed by atoms with Crippen LogP contribution in [0.15, 0.2) is 0 Å². The molecule has 134 valence electrons. The molecule has 0 spiro atoms. The van der Waals surface area contributed by atoms with Crippen molar-refractivity contribution in [1.29, 1.82) is 0 Å². The fourth-order valence-corrected chi connectivity index (χ4v) is 2.88. The smallest absolute Gasteiger partial charge is 0.0106 e. The van der Waals surface area contributed by atoms with Crippen LogP contribution in [0, 0.1) is 0 Å². The van der Waals surface area contributed by atoms with E-state index in [1.165, 1.54) is 103 Å². The highest BCUT2D eigenvalue weighted by atomic mass is 15.1. The molecule has 0 rings (SSSR count). The molecule has 0 aliphatic rings. The van der Waals surface area contributed by atoms with E-state index < -0.39 is 0 Å². The van der Waals surface area contributed by atoms with Crippen molar-refractivity contribution in [3.8, 4) is 0 Å². The van der Waals surface area contributed by atoms with E-state index in [1.54, 1.807) is 0 Å². The minimum Gasteiger partial charge on any atom is -0.308 e. The van der Waals surface area contributed by atoms with E-state index in [4.69, 9.17) is 0 Å². The van der Waals surface area contributed by atoms with Crippen LogP contribution in [-0.4, -0.2) is 50.6 Å². The van der Waals surface area contributed by atoms with Crippen LogP contribution in [0.5, 0.6) is 0 Å². The molecule has 0 aliphatic carbocycles. The van der Waals surface area contributed by atoms with Crippen molar-refractivity contribution in [2.45, 2.75) is 90.4 Å². The summed E-state index contributed by atoms with van der Waals surface area (Å²) < 4.78 is 0. The Morgan fingerprint density at radius 2 is 0.864 bits per heavy atom. The number of hydrogen-bond acceptors (Lipinski definition) is 2. The standard InChI is InChI=1S/C20H44N2/c1-5-6-7-8-9-10-11-12-13-14-15-16-17-18-22(4)20-19-21(2)3/h5-20H2,1-4H3. The molecule has 2 nitrogen and oxygen atoms in total. The van der Waals surface area contributed by atoms with E-state index >= 15 is 0 Å². The van der Waals surface area contributed by atoms with Crippen molar-refractivity contribution in [3.63, 3.8) is 0 Å². The second-order valence-corrected chi connectivity index (χ2v) is 7.35. The van der Waals surface area contributed by atoms with Crippen LogP contribution in [0.25, 0.3) is 0 Å². The second kappa shape index (κ2) is 17.3. The van der Waals surface area contributed by atoms with Crippen LogP contribution < -0.4 is 0 Å². The first-order chi connectivity index (χ1) is 10.7. The maximum Gasteiger partial charge on any atom is 0.0106 e. The van der Waals surface area contributed by atoms with Crippen molar-refractivity contribution in [2.24, 2.45) is 0 Å². The van der Waals surface area contributed by atoms with Gasteiger partial charge in [-0.2, -0.15) is 0 Å². The van der Waals surface area contributed by atoms with Crippen LogP contribution in [-0.2, 0) is 0 Å². The Morgan fingerprint density at radius 3 is 1.27 bits per heavy atom. The molecule has 0 aromatic rings. The van der Waals surface area contributed by atoms with Gasteiger partial charge in [0.05, 0.1) is 0 Å². The Labute approximate surface area is 141 Å². The summed E-state index contributed by atoms with van der Waals surface area (Å²) in [5, 5.41) is 0. The van der Waals surface area contributed by atoms with Gasteiger partial charge in [0.2, 0.25) is 0 Å². The van der Waals surface area contributed by atoms with Crippen LogP contribution in [0.1, 0.15) is 90.4 Å². The molecule has 0 N–H and O–H groups in total. The molecule has 0 fully saturated rings. The van der Waals surface area contributed by atoms with E-state index in [0.717, 1.165) is 0 Å². The fourth-order valence-electron chi connectivity index (χ4n) is 2.88. The molecule has 0 atom stereocenters. The number of nitrogens with zero attached hydrogens (tertiary/aromatic N) is 2. The lowest BCUT2D eigenvalue weighted by atomic mass is 10.0. The Bertz CT molecular complexity index is 204. The molecule has 0 saturated heterocycles. The summed E-state index contributed by atoms with van der Waals surface area (Å²) in [5.41, 5.74) is 0. The van der Waals surface area contributed by atoms with E-state index in [9.17, 15) is 0 Å². The zero-order valence-corrected chi connectivity index (χ0v) is 16.2. The molecule has 0 heterocycles. The molecule has 0 aromatic carbocycles. The van der Waals surface area contributed by atoms with Crippen molar-refractivity contribution in [1.82, 2.24) is 9.80 Å². The predicted octanol–water partition coefficient (Wildman–Crippen LogP) is 5.57. The maximum atomic E-state index is 2.47. The van der Waals surface area contributed by atoms with Crippen molar-refractivity contribution in [2.75, 3.05) is 40.8 Å². The Morgan fingerprint density at radius 1 is 0.455 bits per heavy atom. The van der Waals surface area contributed by atoms with Crippen molar-refractivity contribution in [3.05, 3.63) is 0 Å². The highest BCUT2D eigenvalue weighted by Gasteiger charge is 1.99. The van der Waals surface area contributed by atoms with Gasteiger partial charge < -0.3 is 9.80 Å². The lowest BCUT2D eigenvalue weighted by Gasteiger charge is -2.19. The minimum absolute atomic E-state index is 1.18. The van der Waals surface area contributed by atoms with Gasteiger partial charge in [-0.05, 0) is 34.1 Å². The summed E-state index contributed by atoms with van der Waals surface area (Å²) in [6, 6.07) is 0. The second-order valence-electron chi connectivity index (χ2n) is 7.35. The highest BCUT2D eigenvalue weighted by Crippen LogP contribution is 2.12. The lowest BCUT2D eigenvalue weighted by Crippen LogP contribution is -2.29. The number of hydrogen-bond donors (Lipinski definition) is 0. The molecule has 0 radical (unpaired) electrons. The fraction of sp³-hybridized carbons (Fsp3) is 1.00. The first kappa shape index (κ1) is 21.9. The molecule has 0 saturated carbocycles. The first-order valence-electron chi connectivity index (χ1n) is 10.00. The molecular weight excluding hydrogens is 268 g/mol. The normalized spacial score (nSPS) is 11.7. The average Bonchev–Trinajstić information content (AvgIpc) is 2.49. The highest BCUT2D eigenvalue weighted by molar-refractivity contribution is 4.55. The molecule has 0 aliphatic heterocycles. The quantitative estimate of drug-likeness (QED) is 0.324. The van der Waals surface area contributed by atoms with E-state index in [-0.39, 0.29) is 0 Å². The lowest BCUT2D eigenvalue weighted by molar-refractivity contribution is 0.277. The Hall–Kier alpha value is -0.0800. The van der Waals surface area contributed by atoms with Gasteiger partial charge in [0.1, 0.15) is 0 Å². The van der Waals surface area contributed by atoms with E-state index in [1.807, 2.05) is 0 Å². The van der Waals surface area contributed by atoms with Crippen LogP contribution in [0.2, 0.25) is 0 Å². The van der Waals surface area contributed by atoms with Gasteiger partial charge in [0.25, 0.3) is 0 Å². The first-order valence-corrected chi connectivity index (χ1v) is 10.00. The molecule has 0 unspecified atom stereocenters. The zero-order chi connectivity index (χ0) is 16.5. The van der Waals surface area contributed by atoms with Crippen molar-refractivity contribution < 1.29 is 0 Å². The molecule has 0 bridgehead atoms. The molecule has 0 aromatic heterocycles. The molecule has 0 amide bonds. The van der Waals surface area contributed by atoms with Gasteiger partial charge in [-0.1, -0.05) is 84.0 Å². The number of rotatable bonds is 17. The van der Waals surface area contributed by atoms with Gasteiger partial charge in [0.15, 0.2) is 0 Å². The third kappa shape index (κ3) is 18.0. The van der Waals surface area contributed by atoms with Crippen LogP contribution >= 0.6 is 0 Å². The predicted molar refractivity (Wildman–Crippen MR) is 102 cm³/mol. The number of unbranched alkanes of at least 4 members (excludes halogenated alkanes) is 12. The zero-order valence-electron chi connectivity index (χ0n) is 16.2. The van der Waals surface area contributed by atoms with Gasteiger partial charge in [0, 0.05) is 13.1 Å². The van der Waals surface area contributed by atoms with E-state index in [2.05, 4.69) is 37.9 Å². The van der Waals surface area contributed by atoms with Crippen LogP contribution in [0.3, 0.4) is 0 Å². The maximum absolute atomic E-state index is 2.47. The molecule has 2 heteroatoms. The van der Waals surface area contributed by atoms with Gasteiger partial charge in [-0.25, -0.2) is 0 Å². The Kier molecular flexibility index (Phi) is 17.2. The van der Waals surface area contributed by atoms with Gasteiger partial charge >= 0.3 is 0 Å². The summed E-state index contributed by atoms with van der Waals surface area (Å²) in [7, 11) is 6.56. The SMILES string of the molecule is CCCCCCCCCCCCCCCN(C)CCN(C)C. The Balaban J connectivity index is 3.08. The summed E-state index contributed by atoms with van der Waals surface area (Å²) in [6.45, 7) is 5.94. The average molecular weight is 313 g/mol. The van der Waals surface area contributed by atoms with Crippen molar-refractivity contribution >= 4 is 0 Å². The largest absolute Gasteiger partial charge is 0.308 e. The third-order valence-corrected chi connectivity index (χ3v) is 4.57. The van der Waals surface area contributed by atoms with E-state index in [0.29, 0.717) is 0 Å². The summed E-state index contributed by atoms with van der Waals surface area (Å²) in [6.07, 6.45) is 18.8. The summed E-state index contributed by atoms with van der Waals surface area (Å²) in [5.74, 6) is 0. The van der Waals surface area contributed by atoms with Gasteiger partial charge in [-0.3, -0.25) is 0 Å². The summed E-state index contributed by atoms with van der Waals surface area (Å²) >= 11 is 0. The summed E-state index contributed by atoms with van der Waals surface area (Å²) in [4.78, 5) is 4.73. The topological polar surface area (TPSA) is 6.48 Å². The third-order valence-electron chi connectivity index (χ3n) is 4.57. The monoisotopic (exact) mass is 312 g/mol. The minimum atomic E-state index is 1.18. The molecule has 22 heavy (non-hydrogen) atoms. The van der Waals surface area contributed by atoms with Crippen LogP contribution in [0.4, 0.5) is 0 Å². The molecular formula is C20H44N2.